The monoisotopic (exact) mass is 441 g/mol. The molecule has 1 unspecified atom stereocenters. The van der Waals surface area contributed by atoms with Crippen LogP contribution in [-0.2, 0) is 6.61 Å². The second-order valence-corrected chi connectivity index (χ2v) is 7.97. The van der Waals surface area contributed by atoms with Gasteiger partial charge in [0.05, 0.1) is 18.9 Å². The molecule has 0 spiro atoms. The molecular formula is C24H24ClNO5. The van der Waals surface area contributed by atoms with Crippen LogP contribution in [0.25, 0.3) is 5.69 Å². The third-order valence-corrected chi connectivity index (χ3v) is 5.46. The number of hydrogen-bond acceptors (Lipinski definition) is 5. The third kappa shape index (κ3) is 5.40. The van der Waals surface area contributed by atoms with E-state index in [2.05, 4.69) is 0 Å². The Labute approximate surface area is 185 Å². The first-order valence-corrected chi connectivity index (χ1v) is 10.5. The topological polar surface area (TPSA) is 69.9 Å². The molecule has 1 N–H and O–H groups in total. The van der Waals surface area contributed by atoms with E-state index in [0.29, 0.717) is 33.9 Å². The molecule has 31 heavy (non-hydrogen) atoms. The van der Waals surface area contributed by atoms with Crippen LogP contribution in [0, 0.1) is 5.92 Å². The Bertz CT molecular complexity index is 1090. The highest BCUT2D eigenvalue weighted by atomic mass is 35.5. The van der Waals surface area contributed by atoms with E-state index in [4.69, 9.17) is 25.8 Å². The minimum atomic E-state index is -0.463. The maximum absolute atomic E-state index is 12.7. The van der Waals surface area contributed by atoms with Crippen LogP contribution < -0.4 is 19.8 Å². The SMILES string of the molecule is COc1cc(-n2ccc(COc3ccc(Cl)cc3)cc2=O)ccc1OCC(O)C1CC1. The normalized spacial score (nSPS) is 14.2. The molecule has 0 aliphatic heterocycles. The summed E-state index contributed by atoms with van der Waals surface area (Å²) in [5.74, 6) is 2.06. The molecule has 3 aromatic rings. The lowest BCUT2D eigenvalue weighted by Gasteiger charge is -2.15. The highest BCUT2D eigenvalue weighted by Gasteiger charge is 2.30. The van der Waals surface area contributed by atoms with Crippen molar-refractivity contribution in [1.29, 1.82) is 0 Å². The fraction of sp³-hybridized carbons (Fsp3) is 0.292. The number of halogens is 1. The summed E-state index contributed by atoms with van der Waals surface area (Å²) in [6.07, 6.45) is 3.33. The summed E-state index contributed by atoms with van der Waals surface area (Å²) in [6, 6.07) is 15.7. The average Bonchev–Trinajstić information content (AvgIpc) is 3.63. The first-order chi connectivity index (χ1) is 15.0. The third-order valence-electron chi connectivity index (χ3n) is 5.20. The van der Waals surface area contributed by atoms with E-state index in [0.717, 1.165) is 18.4 Å². The molecule has 1 atom stereocenters. The van der Waals surface area contributed by atoms with Gasteiger partial charge in [0.15, 0.2) is 11.5 Å². The number of aliphatic hydroxyl groups is 1. The second-order valence-electron chi connectivity index (χ2n) is 7.54. The number of aromatic nitrogens is 1. The predicted octanol–water partition coefficient (Wildman–Crippen LogP) is 4.23. The van der Waals surface area contributed by atoms with Gasteiger partial charge in [0.1, 0.15) is 19.0 Å². The quantitative estimate of drug-likeness (QED) is 0.538. The molecule has 162 valence electrons. The average molecular weight is 442 g/mol. The Morgan fingerprint density at radius 2 is 1.84 bits per heavy atom. The Kier molecular flexibility index (Phi) is 6.49. The summed E-state index contributed by atoms with van der Waals surface area (Å²) in [7, 11) is 1.54. The van der Waals surface area contributed by atoms with E-state index in [9.17, 15) is 9.90 Å². The van der Waals surface area contributed by atoms with Gasteiger partial charge in [-0.1, -0.05) is 11.6 Å². The van der Waals surface area contributed by atoms with Crippen molar-refractivity contribution in [3.63, 3.8) is 0 Å². The molecule has 0 amide bonds. The summed E-state index contributed by atoms with van der Waals surface area (Å²) in [5, 5.41) is 10.6. The first kappa shape index (κ1) is 21.3. The first-order valence-electron chi connectivity index (χ1n) is 10.1. The largest absolute Gasteiger partial charge is 0.493 e. The van der Waals surface area contributed by atoms with E-state index in [1.165, 1.54) is 4.57 Å². The number of rotatable bonds is 9. The Morgan fingerprint density at radius 1 is 1.06 bits per heavy atom. The molecule has 1 aliphatic carbocycles. The lowest BCUT2D eigenvalue weighted by molar-refractivity contribution is 0.0880. The van der Waals surface area contributed by atoms with E-state index < -0.39 is 6.10 Å². The van der Waals surface area contributed by atoms with E-state index in [1.807, 2.05) is 6.07 Å². The number of methoxy groups -OCH3 is 1. The molecule has 1 fully saturated rings. The molecule has 4 rings (SSSR count). The Balaban J connectivity index is 1.45. The van der Waals surface area contributed by atoms with Gasteiger partial charge in [-0.2, -0.15) is 0 Å². The summed E-state index contributed by atoms with van der Waals surface area (Å²) in [5.41, 5.74) is 1.23. The van der Waals surface area contributed by atoms with Gasteiger partial charge in [0, 0.05) is 23.4 Å². The van der Waals surface area contributed by atoms with Crippen LogP contribution in [0.5, 0.6) is 17.2 Å². The van der Waals surface area contributed by atoms with Gasteiger partial charge < -0.3 is 19.3 Å². The summed E-state index contributed by atoms with van der Waals surface area (Å²) in [4.78, 5) is 12.7. The van der Waals surface area contributed by atoms with Crippen LogP contribution in [0.1, 0.15) is 18.4 Å². The van der Waals surface area contributed by atoms with Crippen LogP contribution in [0.2, 0.25) is 5.02 Å². The van der Waals surface area contributed by atoms with Crippen molar-refractivity contribution in [2.75, 3.05) is 13.7 Å². The van der Waals surface area contributed by atoms with Gasteiger partial charge in [0.2, 0.25) is 0 Å². The number of pyridine rings is 1. The number of hydrogen-bond donors (Lipinski definition) is 1. The Morgan fingerprint density at radius 3 is 2.52 bits per heavy atom. The van der Waals surface area contributed by atoms with Crippen molar-refractivity contribution in [2.45, 2.75) is 25.6 Å². The number of benzene rings is 2. The molecule has 0 bridgehead atoms. The van der Waals surface area contributed by atoms with Crippen LogP contribution in [0.15, 0.2) is 65.6 Å². The highest BCUT2D eigenvalue weighted by Crippen LogP contribution is 2.34. The molecule has 1 aromatic heterocycles. The van der Waals surface area contributed by atoms with Gasteiger partial charge in [-0.25, -0.2) is 0 Å². The second kappa shape index (κ2) is 9.45. The van der Waals surface area contributed by atoms with Crippen LogP contribution >= 0.6 is 11.6 Å². The molecule has 6 nitrogen and oxygen atoms in total. The summed E-state index contributed by atoms with van der Waals surface area (Å²) < 4.78 is 18.4. The van der Waals surface area contributed by atoms with Crippen molar-refractivity contribution in [1.82, 2.24) is 4.57 Å². The molecule has 1 heterocycles. The maximum Gasteiger partial charge on any atom is 0.255 e. The minimum Gasteiger partial charge on any atom is -0.493 e. The maximum atomic E-state index is 12.7. The number of aliphatic hydroxyl groups excluding tert-OH is 1. The molecular weight excluding hydrogens is 418 g/mol. The van der Waals surface area contributed by atoms with Crippen molar-refractivity contribution in [2.24, 2.45) is 5.92 Å². The van der Waals surface area contributed by atoms with Gasteiger partial charge in [-0.3, -0.25) is 9.36 Å². The van der Waals surface area contributed by atoms with Crippen molar-refractivity contribution in [3.8, 4) is 22.9 Å². The fourth-order valence-corrected chi connectivity index (χ4v) is 3.36. The summed E-state index contributed by atoms with van der Waals surface area (Å²) in [6.45, 7) is 0.500. The highest BCUT2D eigenvalue weighted by molar-refractivity contribution is 6.30. The van der Waals surface area contributed by atoms with E-state index in [-0.39, 0.29) is 18.8 Å². The number of nitrogens with zero attached hydrogens (tertiary/aromatic N) is 1. The zero-order valence-electron chi connectivity index (χ0n) is 17.2. The van der Waals surface area contributed by atoms with Crippen LogP contribution in [-0.4, -0.2) is 29.5 Å². The molecule has 2 aromatic carbocycles. The van der Waals surface area contributed by atoms with Crippen LogP contribution in [0.4, 0.5) is 0 Å². The predicted molar refractivity (Wildman–Crippen MR) is 119 cm³/mol. The van der Waals surface area contributed by atoms with Gasteiger partial charge in [-0.15, -0.1) is 0 Å². The van der Waals surface area contributed by atoms with Crippen molar-refractivity contribution in [3.05, 3.63) is 81.7 Å². The minimum absolute atomic E-state index is 0.183. The zero-order valence-corrected chi connectivity index (χ0v) is 17.9. The van der Waals surface area contributed by atoms with Crippen molar-refractivity contribution >= 4 is 11.6 Å². The molecule has 0 saturated heterocycles. The fourth-order valence-electron chi connectivity index (χ4n) is 3.24. The molecule has 7 heteroatoms. The van der Waals surface area contributed by atoms with Crippen molar-refractivity contribution < 1.29 is 19.3 Å². The van der Waals surface area contributed by atoms with E-state index >= 15 is 0 Å². The molecule has 1 saturated carbocycles. The zero-order chi connectivity index (χ0) is 21.8. The number of ether oxygens (including phenoxy) is 3. The lowest BCUT2D eigenvalue weighted by atomic mass is 10.2. The van der Waals surface area contributed by atoms with Gasteiger partial charge >= 0.3 is 0 Å². The van der Waals surface area contributed by atoms with E-state index in [1.54, 1.807) is 61.8 Å². The smallest absolute Gasteiger partial charge is 0.255 e. The van der Waals surface area contributed by atoms with Gasteiger partial charge in [-0.05, 0) is 66.8 Å². The molecule has 1 aliphatic rings. The molecule has 0 radical (unpaired) electrons. The Hall–Kier alpha value is -2.96. The summed E-state index contributed by atoms with van der Waals surface area (Å²) >= 11 is 5.88. The standard InChI is InChI=1S/C24H24ClNO5/c1-29-23-13-19(6-9-22(23)31-15-21(27)17-2-3-17)26-11-10-16(12-24(26)28)14-30-20-7-4-18(25)5-8-20/h4-13,17,21,27H,2-3,14-15H2,1H3. The van der Waals surface area contributed by atoms with Gasteiger partial charge in [0.25, 0.3) is 5.56 Å². The van der Waals surface area contributed by atoms with Crippen LogP contribution in [0.3, 0.4) is 0 Å². The lowest BCUT2D eigenvalue weighted by Crippen LogP contribution is -2.20.